The molecule has 3 heterocycles. The predicted octanol–water partition coefficient (Wildman–Crippen LogP) is 2.58. The number of fused-ring (bicyclic) bond motifs is 1. The van der Waals surface area contributed by atoms with Crippen LogP contribution in [0.4, 0.5) is 8.78 Å². The van der Waals surface area contributed by atoms with Gasteiger partial charge in [0.15, 0.2) is 17.3 Å². The third kappa shape index (κ3) is 3.46. The van der Waals surface area contributed by atoms with Gasteiger partial charge in [-0.1, -0.05) is 12.7 Å². The SMILES string of the molecule is C=c1/c(=C(Oc2ccc(F)cc2F)\C(=C/C)c2cn(C)c(=O)c3[nH]ccc23)ncn1C. The largest absolute Gasteiger partial charge is 0.451 e. The Morgan fingerprint density at radius 3 is 2.65 bits per heavy atom. The van der Waals surface area contributed by atoms with E-state index in [0.717, 1.165) is 12.1 Å². The standard InChI is InChI=1S/C23H20F2N4O2/c1-5-15(17-11-28(3)23(30)21-16(17)8-9-26-21)22(20-13(2)29(4)12-27-20)31-19-7-6-14(24)10-18(19)25/h5-12,26H,2H2,1,3-4H3/b15-5-,22-20-. The molecular weight excluding hydrogens is 402 g/mol. The Balaban J connectivity index is 2.03. The third-order valence-corrected chi connectivity index (χ3v) is 5.10. The minimum absolute atomic E-state index is 0.157. The molecule has 4 aromatic rings. The van der Waals surface area contributed by atoms with Crippen LogP contribution in [-0.4, -0.2) is 19.1 Å². The molecule has 4 rings (SSSR count). The molecule has 1 aromatic carbocycles. The molecule has 0 radical (unpaired) electrons. The van der Waals surface area contributed by atoms with Gasteiger partial charge in [-0.05, 0) is 25.1 Å². The van der Waals surface area contributed by atoms with Crippen molar-refractivity contribution in [2.45, 2.75) is 6.92 Å². The van der Waals surface area contributed by atoms with Crippen molar-refractivity contribution in [3.8, 4) is 5.75 Å². The first kappa shape index (κ1) is 20.3. The molecule has 0 aliphatic heterocycles. The molecule has 6 nitrogen and oxygen atoms in total. The van der Waals surface area contributed by atoms with Crippen molar-refractivity contribution in [3.05, 3.63) is 87.3 Å². The number of imidazole rings is 1. The fourth-order valence-corrected chi connectivity index (χ4v) is 3.44. The zero-order valence-corrected chi connectivity index (χ0v) is 17.2. The highest BCUT2D eigenvalue weighted by Gasteiger charge is 2.20. The molecule has 0 fully saturated rings. The number of nitrogens with zero attached hydrogens (tertiary/aromatic N) is 3. The molecule has 0 saturated heterocycles. The van der Waals surface area contributed by atoms with Gasteiger partial charge in [-0.25, -0.2) is 13.8 Å². The van der Waals surface area contributed by atoms with Crippen molar-refractivity contribution in [1.29, 1.82) is 0 Å². The Bertz CT molecular complexity index is 1510. The molecule has 31 heavy (non-hydrogen) atoms. The van der Waals surface area contributed by atoms with Gasteiger partial charge in [0.25, 0.3) is 5.56 Å². The summed E-state index contributed by atoms with van der Waals surface area (Å²) in [4.78, 5) is 19.8. The van der Waals surface area contributed by atoms with Crippen molar-refractivity contribution in [1.82, 2.24) is 19.1 Å². The highest BCUT2D eigenvalue weighted by atomic mass is 19.1. The first-order valence-electron chi connectivity index (χ1n) is 9.49. The summed E-state index contributed by atoms with van der Waals surface area (Å²) in [6, 6.07) is 4.87. The number of ether oxygens (including phenoxy) is 1. The van der Waals surface area contributed by atoms with E-state index in [2.05, 4.69) is 16.5 Å². The quantitative estimate of drug-likeness (QED) is 0.550. The molecule has 3 aromatic heterocycles. The van der Waals surface area contributed by atoms with E-state index >= 15 is 0 Å². The fourth-order valence-electron chi connectivity index (χ4n) is 3.44. The fraction of sp³-hybridized carbons (Fsp3) is 0.130. The second kappa shape index (κ2) is 7.71. The molecule has 158 valence electrons. The lowest BCUT2D eigenvalue weighted by Gasteiger charge is -2.16. The van der Waals surface area contributed by atoms with E-state index in [1.165, 1.54) is 10.6 Å². The summed E-state index contributed by atoms with van der Waals surface area (Å²) >= 11 is 0. The van der Waals surface area contributed by atoms with Crippen LogP contribution in [0.25, 0.3) is 28.8 Å². The third-order valence-electron chi connectivity index (χ3n) is 5.10. The van der Waals surface area contributed by atoms with Gasteiger partial charge in [0, 0.05) is 49.1 Å². The number of H-pyrrole nitrogens is 1. The first-order chi connectivity index (χ1) is 14.8. The van der Waals surface area contributed by atoms with E-state index in [0.29, 0.717) is 32.7 Å². The molecule has 0 saturated carbocycles. The molecule has 0 unspecified atom stereocenters. The molecule has 0 aliphatic rings. The number of benzene rings is 1. The monoisotopic (exact) mass is 422 g/mol. The maximum absolute atomic E-state index is 14.4. The first-order valence-corrected chi connectivity index (χ1v) is 9.49. The average molecular weight is 422 g/mol. The number of hydrogen-bond acceptors (Lipinski definition) is 3. The number of halogens is 2. The zero-order valence-electron chi connectivity index (χ0n) is 17.2. The van der Waals surface area contributed by atoms with Crippen LogP contribution in [-0.2, 0) is 14.1 Å². The smallest absolute Gasteiger partial charge is 0.274 e. The van der Waals surface area contributed by atoms with Gasteiger partial charge in [0.1, 0.15) is 16.7 Å². The van der Waals surface area contributed by atoms with Crippen molar-refractivity contribution in [3.63, 3.8) is 0 Å². The number of aromatic nitrogens is 4. The summed E-state index contributed by atoms with van der Waals surface area (Å²) in [6.45, 7) is 5.83. The summed E-state index contributed by atoms with van der Waals surface area (Å²) < 4.78 is 37.0. The topological polar surface area (TPSA) is 64.8 Å². The molecule has 0 spiro atoms. The number of nitrogens with one attached hydrogen (secondary N) is 1. The molecule has 0 aliphatic carbocycles. The predicted molar refractivity (Wildman–Crippen MR) is 116 cm³/mol. The molecule has 8 heteroatoms. The second-order valence-corrected chi connectivity index (χ2v) is 7.08. The minimum Gasteiger partial charge on any atom is -0.451 e. The Hall–Kier alpha value is -3.94. The normalized spacial score (nSPS) is 13.0. The lowest BCUT2D eigenvalue weighted by atomic mass is 10.0. The van der Waals surface area contributed by atoms with Crippen LogP contribution in [0.5, 0.6) is 5.75 Å². The molecule has 0 atom stereocenters. The van der Waals surface area contributed by atoms with Crippen molar-refractivity contribution >= 4 is 28.8 Å². The zero-order chi connectivity index (χ0) is 22.3. The maximum atomic E-state index is 14.4. The van der Waals surface area contributed by atoms with Crippen LogP contribution in [0.15, 0.2) is 53.9 Å². The van der Waals surface area contributed by atoms with Crippen molar-refractivity contribution in [2.75, 3.05) is 0 Å². The van der Waals surface area contributed by atoms with Crippen LogP contribution in [0.2, 0.25) is 0 Å². The number of allylic oxidation sites excluding steroid dienone is 1. The highest BCUT2D eigenvalue weighted by molar-refractivity contribution is 6.03. The van der Waals surface area contributed by atoms with Crippen LogP contribution in [0.3, 0.4) is 0 Å². The summed E-state index contributed by atoms with van der Waals surface area (Å²) in [5.41, 5.74) is 1.51. The van der Waals surface area contributed by atoms with Crippen LogP contribution >= 0.6 is 0 Å². The van der Waals surface area contributed by atoms with E-state index in [9.17, 15) is 13.6 Å². The molecule has 0 bridgehead atoms. The van der Waals surface area contributed by atoms with E-state index in [4.69, 9.17) is 4.74 Å². The number of aryl methyl sites for hydroxylation is 2. The van der Waals surface area contributed by atoms with Crippen LogP contribution in [0.1, 0.15) is 12.5 Å². The van der Waals surface area contributed by atoms with Gasteiger partial charge < -0.3 is 18.9 Å². The summed E-state index contributed by atoms with van der Waals surface area (Å²) in [7, 11) is 3.42. The van der Waals surface area contributed by atoms with Crippen molar-refractivity contribution in [2.24, 2.45) is 14.1 Å². The highest BCUT2D eigenvalue weighted by Crippen LogP contribution is 2.31. The number of pyridine rings is 1. The van der Waals surface area contributed by atoms with Gasteiger partial charge in [-0.3, -0.25) is 4.79 Å². The number of aromatic amines is 1. The van der Waals surface area contributed by atoms with E-state index in [1.54, 1.807) is 56.4 Å². The van der Waals surface area contributed by atoms with Crippen LogP contribution in [0, 0.1) is 11.6 Å². The average Bonchev–Trinajstić information content (AvgIpc) is 3.35. The Labute approximate surface area is 176 Å². The Morgan fingerprint density at radius 1 is 1.23 bits per heavy atom. The molecule has 1 N–H and O–H groups in total. The Kier molecular flexibility index (Phi) is 5.06. The minimum atomic E-state index is -0.846. The van der Waals surface area contributed by atoms with Crippen LogP contribution < -0.4 is 21.0 Å². The van der Waals surface area contributed by atoms with E-state index in [1.807, 2.05) is 0 Å². The summed E-state index contributed by atoms with van der Waals surface area (Å²) in [6.07, 6.45) is 6.72. The van der Waals surface area contributed by atoms with E-state index < -0.39 is 11.6 Å². The van der Waals surface area contributed by atoms with Gasteiger partial charge in [-0.2, -0.15) is 0 Å². The molecule has 0 amide bonds. The van der Waals surface area contributed by atoms with Gasteiger partial charge >= 0.3 is 0 Å². The molecular formula is C23H20F2N4O2. The maximum Gasteiger partial charge on any atom is 0.274 e. The Morgan fingerprint density at radius 2 is 2.00 bits per heavy atom. The lowest BCUT2D eigenvalue weighted by Crippen LogP contribution is -2.31. The number of hydrogen-bond donors (Lipinski definition) is 1. The van der Waals surface area contributed by atoms with Gasteiger partial charge in [0.2, 0.25) is 0 Å². The number of rotatable bonds is 4. The van der Waals surface area contributed by atoms with E-state index in [-0.39, 0.29) is 17.1 Å². The summed E-state index contributed by atoms with van der Waals surface area (Å²) in [5.74, 6) is -1.47. The summed E-state index contributed by atoms with van der Waals surface area (Å²) in [5, 5.41) is 1.63. The second-order valence-electron chi connectivity index (χ2n) is 7.08. The van der Waals surface area contributed by atoms with Gasteiger partial charge in [-0.15, -0.1) is 0 Å². The van der Waals surface area contributed by atoms with Crippen molar-refractivity contribution < 1.29 is 13.5 Å². The lowest BCUT2D eigenvalue weighted by molar-refractivity contribution is 0.461. The van der Waals surface area contributed by atoms with Gasteiger partial charge in [0.05, 0.1) is 11.7 Å².